The molecule has 10 saturated carbocycles. The smallest absolute Gasteiger partial charge is 0.309 e. The van der Waals surface area contributed by atoms with Gasteiger partial charge in [-0.05, 0) is 137 Å². The highest BCUT2D eigenvalue weighted by atomic mass is 32.2. The van der Waals surface area contributed by atoms with Gasteiger partial charge in [0.05, 0.1) is 72.1 Å². The summed E-state index contributed by atoms with van der Waals surface area (Å²) in [6.45, 7) is 17.1. The molecule has 0 aliphatic heterocycles. The Bertz CT molecular complexity index is 1960. The molecule has 0 unspecified atom stereocenters. The Morgan fingerprint density at radius 3 is 1.02 bits per heavy atom. The number of ketones is 2. The summed E-state index contributed by atoms with van der Waals surface area (Å²) in [6.07, 6.45) is 9.28. The minimum Gasteiger partial charge on any atom is -0.466 e. The standard InChI is InChI=1S/2C14H22O4S.2C10H14O3/c2*1-3-18-13(15)11-6-9(12-7-14(11,12)2)8-19(16,17)10-4-5-10;2*1-3-13-9(12)6-4-8(11)7-5-10(6,7)2/h2*9-12H,3-8H2,1-2H3;2*6-7H,3-5H2,1-2H3/t2*9-,11+,12+,14-;2*6-,7-,10+/m1010/s1. The van der Waals surface area contributed by atoms with Gasteiger partial charge in [0.2, 0.25) is 0 Å². The van der Waals surface area contributed by atoms with Gasteiger partial charge >= 0.3 is 23.9 Å². The number of fused-ring (bicyclic) bond motifs is 4. The largest absolute Gasteiger partial charge is 0.466 e. The van der Waals surface area contributed by atoms with Crippen LogP contribution in [0.25, 0.3) is 0 Å². The molecule has 0 aromatic rings. The van der Waals surface area contributed by atoms with Crippen molar-refractivity contribution in [3.8, 4) is 0 Å². The third-order valence-electron chi connectivity index (χ3n) is 17.5. The first kappa shape index (κ1) is 49.0. The number of hydrogen-bond acceptors (Lipinski definition) is 14. The molecule has 0 heterocycles. The number of carbonyl (C=O) groups excluding carboxylic acids is 6. The van der Waals surface area contributed by atoms with E-state index < -0.39 is 19.7 Å². The number of carbonyl (C=O) groups is 6. The molecule has 10 rings (SSSR count). The van der Waals surface area contributed by atoms with Gasteiger partial charge in [-0.15, -0.1) is 0 Å². The topological polar surface area (TPSA) is 208 Å². The van der Waals surface area contributed by atoms with E-state index >= 15 is 0 Å². The molecule has 10 aliphatic rings. The molecule has 0 spiro atoms. The van der Waals surface area contributed by atoms with Crippen LogP contribution >= 0.6 is 0 Å². The van der Waals surface area contributed by atoms with Crippen molar-refractivity contribution in [2.75, 3.05) is 37.9 Å². The summed E-state index contributed by atoms with van der Waals surface area (Å²) in [6, 6.07) is 0. The van der Waals surface area contributed by atoms with Crippen molar-refractivity contribution in [1.82, 2.24) is 0 Å². The molecule has 360 valence electrons. The first-order valence-corrected chi connectivity index (χ1v) is 27.5. The van der Waals surface area contributed by atoms with Crippen LogP contribution in [0.4, 0.5) is 0 Å². The van der Waals surface area contributed by atoms with E-state index in [2.05, 4.69) is 13.8 Å². The van der Waals surface area contributed by atoms with Crippen molar-refractivity contribution in [3.63, 3.8) is 0 Å². The molecule has 0 saturated heterocycles. The van der Waals surface area contributed by atoms with Gasteiger partial charge in [-0.25, -0.2) is 16.8 Å². The Balaban J connectivity index is 0.000000130. The van der Waals surface area contributed by atoms with Gasteiger partial charge in [-0.2, -0.15) is 0 Å². The Hall–Kier alpha value is -2.88. The van der Waals surface area contributed by atoms with Crippen molar-refractivity contribution in [2.24, 2.45) is 80.8 Å². The zero-order valence-corrected chi connectivity index (χ0v) is 40.8. The second-order valence-electron chi connectivity index (χ2n) is 21.8. The molecular weight excluding hydrogens is 865 g/mol. The molecular formula is C48H72O14S2. The summed E-state index contributed by atoms with van der Waals surface area (Å²) in [5.41, 5.74) is -0.0847. The highest BCUT2D eigenvalue weighted by molar-refractivity contribution is 7.92. The van der Waals surface area contributed by atoms with Crippen LogP contribution in [0.3, 0.4) is 0 Å². The second kappa shape index (κ2) is 17.6. The third-order valence-corrected chi connectivity index (χ3v) is 22.2. The van der Waals surface area contributed by atoms with E-state index in [1.54, 1.807) is 13.8 Å². The van der Waals surface area contributed by atoms with E-state index in [1.165, 1.54) is 0 Å². The molecule has 0 radical (unpaired) electrons. The summed E-state index contributed by atoms with van der Waals surface area (Å²) in [5, 5.41) is -0.168. The predicted molar refractivity (Wildman–Crippen MR) is 234 cm³/mol. The van der Waals surface area contributed by atoms with Gasteiger partial charge in [0.25, 0.3) is 0 Å². The van der Waals surface area contributed by atoms with E-state index in [0.29, 0.717) is 63.9 Å². The lowest BCUT2D eigenvalue weighted by Crippen LogP contribution is -2.25. The highest BCUT2D eigenvalue weighted by Gasteiger charge is 2.69. The normalized spacial score (nSPS) is 41.1. The number of ether oxygens (including phenoxy) is 4. The summed E-state index contributed by atoms with van der Waals surface area (Å²) in [7, 11) is -5.83. The van der Waals surface area contributed by atoms with E-state index in [4.69, 9.17) is 18.9 Å². The van der Waals surface area contributed by atoms with Gasteiger partial charge < -0.3 is 18.9 Å². The molecule has 64 heavy (non-hydrogen) atoms. The summed E-state index contributed by atoms with van der Waals surface area (Å²) in [4.78, 5) is 69.5. The SMILES string of the molecule is CCOC(=O)[C@@H]1CC(=O)[C@@H]2C[C@@]21C.CCOC(=O)[C@@H]1C[C@H](CS(=O)(=O)C2CC2)[C@@H]2C[C@]12C.CCOC(=O)[C@H]1CC(=O)[C@H]2C[C@]21C.CCOC(=O)[C@H]1C[C@@H](CS(=O)(=O)C2CC2)[C@H]2C[C@@]12C. The Morgan fingerprint density at radius 1 is 0.484 bits per heavy atom. The lowest BCUT2D eigenvalue weighted by atomic mass is 9.91. The number of esters is 4. The maximum absolute atomic E-state index is 12.1. The summed E-state index contributed by atoms with van der Waals surface area (Å²) >= 11 is 0. The van der Waals surface area contributed by atoms with E-state index in [0.717, 1.165) is 51.4 Å². The molecule has 10 aliphatic carbocycles. The first-order chi connectivity index (χ1) is 29.9. The van der Waals surface area contributed by atoms with Gasteiger partial charge in [0, 0.05) is 24.7 Å². The van der Waals surface area contributed by atoms with E-state index in [9.17, 15) is 45.6 Å². The predicted octanol–water partition coefficient (Wildman–Crippen LogP) is 5.91. The molecule has 0 aromatic heterocycles. The molecule has 16 heteroatoms. The van der Waals surface area contributed by atoms with Crippen LogP contribution in [0.15, 0.2) is 0 Å². The van der Waals surface area contributed by atoms with Crippen LogP contribution in [0.1, 0.15) is 132 Å². The number of hydrogen-bond donors (Lipinski definition) is 0. The first-order valence-electron chi connectivity index (χ1n) is 24.1. The summed E-state index contributed by atoms with van der Waals surface area (Å²) < 4.78 is 68.6. The van der Waals surface area contributed by atoms with Crippen LogP contribution in [-0.2, 0) is 67.4 Å². The van der Waals surface area contributed by atoms with Crippen LogP contribution < -0.4 is 0 Å². The minimum absolute atomic E-state index is 0.00991. The molecule has 0 amide bonds. The van der Waals surface area contributed by atoms with Crippen LogP contribution in [0.5, 0.6) is 0 Å². The lowest BCUT2D eigenvalue weighted by Gasteiger charge is -2.18. The number of Topliss-reactive ketones (excluding diaryl/α,β-unsaturated/α-hetero) is 2. The van der Waals surface area contributed by atoms with E-state index in [1.807, 2.05) is 27.7 Å². The van der Waals surface area contributed by atoms with Crippen molar-refractivity contribution < 1.29 is 64.6 Å². The van der Waals surface area contributed by atoms with Crippen molar-refractivity contribution in [3.05, 3.63) is 0 Å². The van der Waals surface area contributed by atoms with Crippen LogP contribution in [0, 0.1) is 80.8 Å². The Labute approximate surface area is 380 Å². The quantitative estimate of drug-likeness (QED) is 0.147. The molecule has 0 aromatic carbocycles. The second-order valence-corrected chi connectivity index (χ2v) is 26.4. The third kappa shape index (κ3) is 9.48. The lowest BCUT2D eigenvalue weighted by molar-refractivity contribution is -0.151. The van der Waals surface area contributed by atoms with Gasteiger partial charge in [0.1, 0.15) is 11.6 Å². The van der Waals surface area contributed by atoms with E-state index in [-0.39, 0.29) is 126 Å². The average molecular weight is 937 g/mol. The fraction of sp³-hybridized carbons (Fsp3) is 0.875. The highest BCUT2D eigenvalue weighted by Crippen LogP contribution is 2.70. The molecule has 0 bridgehead atoms. The number of rotatable bonds is 14. The van der Waals surface area contributed by atoms with Crippen LogP contribution in [0.2, 0.25) is 0 Å². The summed E-state index contributed by atoms with van der Waals surface area (Å²) in [5.74, 6) is 1.44. The molecule has 0 N–H and O–H groups in total. The molecule has 14 atom stereocenters. The van der Waals surface area contributed by atoms with Gasteiger partial charge in [-0.3, -0.25) is 28.8 Å². The fourth-order valence-corrected chi connectivity index (χ4v) is 16.8. The Kier molecular flexibility index (Phi) is 13.5. The molecule has 14 nitrogen and oxygen atoms in total. The van der Waals surface area contributed by atoms with Crippen molar-refractivity contribution >= 4 is 55.1 Å². The van der Waals surface area contributed by atoms with Gasteiger partial charge in [0.15, 0.2) is 19.7 Å². The number of sulfone groups is 2. The zero-order valence-electron chi connectivity index (χ0n) is 39.2. The fourth-order valence-electron chi connectivity index (χ4n) is 12.7. The zero-order chi connectivity index (χ0) is 46.9. The maximum Gasteiger partial charge on any atom is 0.309 e. The Morgan fingerprint density at radius 2 is 0.781 bits per heavy atom. The molecule has 10 fully saturated rings. The van der Waals surface area contributed by atoms with Crippen molar-refractivity contribution in [1.29, 1.82) is 0 Å². The maximum atomic E-state index is 12.1. The van der Waals surface area contributed by atoms with Crippen LogP contribution in [-0.4, -0.2) is 101 Å². The minimum atomic E-state index is -2.92. The van der Waals surface area contributed by atoms with Gasteiger partial charge in [-0.1, -0.05) is 27.7 Å². The monoisotopic (exact) mass is 936 g/mol. The van der Waals surface area contributed by atoms with Crippen molar-refractivity contribution in [2.45, 2.75) is 143 Å². The average Bonchev–Trinajstić information content (AvgIpc) is 4.00.